The van der Waals surface area contributed by atoms with Gasteiger partial charge in [0.2, 0.25) is 11.8 Å². The zero-order valence-corrected chi connectivity index (χ0v) is 18.1. The Balaban J connectivity index is 2.20. The van der Waals surface area contributed by atoms with E-state index in [2.05, 4.69) is 31.2 Å². The number of rotatable bonds is 8. The number of carbonyl (C=O) groups excluding carboxylic acids is 1. The van der Waals surface area contributed by atoms with Crippen molar-refractivity contribution in [2.45, 2.75) is 25.0 Å². The van der Waals surface area contributed by atoms with Crippen LogP contribution in [0.2, 0.25) is 0 Å². The molecule has 0 spiro atoms. The van der Waals surface area contributed by atoms with Gasteiger partial charge in [0, 0.05) is 12.6 Å². The highest BCUT2D eigenvalue weighted by atomic mass is 32.2. The molecular weight excluding hydrogens is 426 g/mol. The van der Waals surface area contributed by atoms with Crippen molar-refractivity contribution in [3.8, 4) is 18.2 Å². The number of alkyl halides is 1. The molecule has 0 unspecified atom stereocenters. The summed E-state index contributed by atoms with van der Waals surface area (Å²) in [6.07, 6.45) is 7.54. The van der Waals surface area contributed by atoms with E-state index in [-0.39, 0.29) is 41.0 Å². The van der Waals surface area contributed by atoms with Gasteiger partial charge < -0.3 is 15.8 Å². The number of carbonyl (C=O) groups is 1. The second-order valence-corrected chi connectivity index (χ2v) is 8.30. The molecule has 0 saturated carbocycles. The van der Waals surface area contributed by atoms with Crippen LogP contribution in [0.3, 0.4) is 0 Å². The topological polar surface area (TPSA) is 115 Å². The van der Waals surface area contributed by atoms with Crippen molar-refractivity contribution in [3.63, 3.8) is 0 Å². The molecule has 31 heavy (non-hydrogen) atoms. The fourth-order valence-corrected chi connectivity index (χ4v) is 3.43. The number of nitrogens with zero attached hydrogens (tertiary/aromatic N) is 4. The molecule has 8 nitrogen and oxygen atoms in total. The molecule has 1 atom stereocenters. The number of nitrogens with one attached hydrogen (secondary N) is 1. The highest BCUT2D eigenvalue weighted by Crippen LogP contribution is 2.31. The van der Waals surface area contributed by atoms with Gasteiger partial charge in [-0.15, -0.1) is 6.42 Å². The minimum Gasteiger partial charge on any atom is -0.463 e. The number of aryl methyl sites for hydroxylation is 1. The predicted molar refractivity (Wildman–Crippen MR) is 116 cm³/mol. The Morgan fingerprint density at radius 1 is 1.45 bits per heavy atom. The van der Waals surface area contributed by atoms with Crippen molar-refractivity contribution in [2.75, 3.05) is 25.6 Å². The molecule has 0 aliphatic rings. The van der Waals surface area contributed by atoms with E-state index in [4.69, 9.17) is 16.9 Å². The van der Waals surface area contributed by atoms with Crippen LogP contribution in [0.15, 0.2) is 23.5 Å². The van der Waals surface area contributed by atoms with Crippen LogP contribution in [-0.4, -0.2) is 51.1 Å². The molecule has 0 fully saturated rings. The minimum atomic E-state index is -1.05. The van der Waals surface area contributed by atoms with Crippen LogP contribution in [0, 0.1) is 25.2 Å². The van der Waals surface area contributed by atoms with Crippen molar-refractivity contribution in [2.24, 2.45) is 10.7 Å². The first kappa shape index (κ1) is 24.0. The molecule has 0 aliphatic carbocycles. The van der Waals surface area contributed by atoms with Gasteiger partial charge >= 0.3 is 0 Å². The van der Waals surface area contributed by atoms with Gasteiger partial charge in [0.25, 0.3) is 5.91 Å². The van der Waals surface area contributed by atoms with E-state index in [0.717, 1.165) is 18.0 Å². The quantitative estimate of drug-likeness (QED) is 0.276. The predicted octanol–water partition coefficient (Wildman–Crippen LogP) is 2.53. The Morgan fingerprint density at radius 2 is 2.19 bits per heavy atom. The molecule has 0 radical (unpaired) electrons. The molecule has 0 aromatic carbocycles. The first-order valence-corrected chi connectivity index (χ1v) is 9.86. The van der Waals surface area contributed by atoms with Crippen LogP contribution in [0.5, 0.6) is 5.88 Å². The third-order valence-electron chi connectivity index (χ3n) is 4.03. The fourth-order valence-electron chi connectivity index (χ4n) is 2.56. The van der Waals surface area contributed by atoms with Crippen LogP contribution >= 0.6 is 11.8 Å². The summed E-state index contributed by atoms with van der Waals surface area (Å²) < 4.78 is 32.0. The zero-order chi connectivity index (χ0) is 23.0. The van der Waals surface area contributed by atoms with Crippen LogP contribution < -0.4 is 15.8 Å². The first-order chi connectivity index (χ1) is 14.7. The van der Waals surface area contributed by atoms with Gasteiger partial charge in [-0.2, -0.15) is 4.39 Å². The average Bonchev–Trinajstić information content (AvgIpc) is 2.74. The molecule has 0 aliphatic heterocycles. The zero-order valence-electron chi connectivity index (χ0n) is 17.3. The van der Waals surface area contributed by atoms with Gasteiger partial charge in [-0.05, 0) is 26.3 Å². The fraction of sp³-hybridized carbons (Fsp3) is 0.350. The molecule has 3 N–H and O–H groups in total. The maximum atomic E-state index is 14.3. The van der Waals surface area contributed by atoms with E-state index in [1.807, 2.05) is 0 Å². The summed E-state index contributed by atoms with van der Waals surface area (Å²) in [5.74, 6) is 1.16. The smallest absolute Gasteiger partial charge is 0.276 e. The molecule has 11 heteroatoms. The van der Waals surface area contributed by atoms with E-state index >= 15 is 0 Å². The molecule has 2 rings (SSSR count). The number of aliphatic imine (C=N–C) groups is 1. The number of thioether (sulfide) groups is 1. The van der Waals surface area contributed by atoms with Gasteiger partial charge in [0.05, 0.1) is 28.5 Å². The number of anilines is 1. The standard InChI is InChI=1S/C20H22F2N6O2S/c1-5-6-30-15-10-25-16(12(2)27-15)18(29)28-14-7-13(17(22)26-9-14)8-20(3,11-21)31-19(23)24-4/h1,7,9-10H,6,8,11H2,2-4H3,(H2,23,24)(H,28,29)/t20-/m1/s1. The van der Waals surface area contributed by atoms with Crippen molar-refractivity contribution in [1.82, 2.24) is 15.0 Å². The number of pyridine rings is 1. The summed E-state index contributed by atoms with van der Waals surface area (Å²) in [6.45, 7) is 2.44. The first-order valence-electron chi connectivity index (χ1n) is 9.04. The lowest BCUT2D eigenvalue weighted by molar-refractivity contribution is 0.102. The van der Waals surface area contributed by atoms with E-state index in [1.165, 1.54) is 19.3 Å². The number of halogens is 2. The number of aromatic nitrogens is 3. The van der Waals surface area contributed by atoms with Crippen LogP contribution in [0.4, 0.5) is 14.5 Å². The number of amidine groups is 1. The molecule has 2 aromatic rings. The third kappa shape index (κ3) is 6.62. The van der Waals surface area contributed by atoms with E-state index in [9.17, 15) is 13.6 Å². The molecule has 164 valence electrons. The van der Waals surface area contributed by atoms with E-state index in [1.54, 1.807) is 13.8 Å². The number of nitrogens with two attached hydrogens (primary N) is 1. The highest BCUT2D eigenvalue weighted by molar-refractivity contribution is 8.15. The van der Waals surface area contributed by atoms with Crippen molar-refractivity contribution in [3.05, 3.63) is 41.4 Å². The summed E-state index contributed by atoms with van der Waals surface area (Å²) in [6, 6.07) is 1.39. The Kier molecular flexibility index (Phi) is 8.27. The summed E-state index contributed by atoms with van der Waals surface area (Å²) in [5.41, 5.74) is 6.40. The highest BCUT2D eigenvalue weighted by Gasteiger charge is 2.29. The van der Waals surface area contributed by atoms with Crippen LogP contribution in [0.25, 0.3) is 0 Å². The average molecular weight is 448 g/mol. The summed E-state index contributed by atoms with van der Waals surface area (Å²) in [5, 5.41) is 2.77. The summed E-state index contributed by atoms with van der Waals surface area (Å²) in [7, 11) is 1.48. The minimum absolute atomic E-state index is 0.0209. The molecule has 2 aromatic heterocycles. The Morgan fingerprint density at radius 3 is 2.81 bits per heavy atom. The van der Waals surface area contributed by atoms with E-state index in [0.29, 0.717) is 5.69 Å². The molecule has 0 saturated heterocycles. The lowest BCUT2D eigenvalue weighted by atomic mass is 10.0. The van der Waals surface area contributed by atoms with Gasteiger partial charge in [-0.25, -0.2) is 19.3 Å². The number of amides is 1. The maximum Gasteiger partial charge on any atom is 0.276 e. The van der Waals surface area contributed by atoms with Crippen molar-refractivity contribution in [1.29, 1.82) is 0 Å². The van der Waals surface area contributed by atoms with Crippen molar-refractivity contribution >= 4 is 28.5 Å². The maximum absolute atomic E-state index is 14.3. The second-order valence-electron chi connectivity index (χ2n) is 6.69. The Labute approximate surface area is 183 Å². The monoisotopic (exact) mass is 448 g/mol. The lowest BCUT2D eigenvalue weighted by Crippen LogP contribution is -2.31. The normalized spacial score (nSPS) is 13.2. The number of ether oxygens (including phenoxy) is 1. The van der Waals surface area contributed by atoms with Gasteiger partial charge in [-0.3, -0.25) is 9.79 Å². The number of terminal acetylenes is 1. The summed E-state index contributed by atoms with van der Waals surface area (Å²) in [4.78, 5) is 28.2. The summed E-state index contributed by atoms with van der Waals surface area (Å²) >= 11 is 1.00. The van der Waals surface area contributed by atoms with Gasteiger partial charge in [0.15, 0.2) is 11.8 Å². The van der Waals surface area contributed by atoms with Gasteiger partial charge in [-0.1, -0.05) is 17.7 Å². The third-order valence-corrected chi connectivity index (χ3v) is 5.17. The lowest BCUT2D eigenvalue weighted by Gasteiger charge is -2.25. The van der Waals surface area contributed by atoms with Crippen LogP contribution in [-0.2, 0) is 6.42 Å². The van der Waals surface area contributed by atoms with Gasteiger partial charge in [0.1, 0.15) is 12.4 Å². The SMILES string of the molecule is C#CCOc1cnc(C(=O)Nc2cnc(F)c(C[C@](C)(CF)SC(N)=NC)c2)c(C)n1. The molecule has 0 bridgehead atoms. The van der Waals surface area contributed by atoms with E-state index < -0.39 is 23.3 Å². The number of hydrogen-bond acceptors (Lipinski definition) is 7. The molecule has 2 heterocycles. The Hall–Kier alpha value is -3.26. The Bertz CT molecular complexity index is 1030. The number of hydrogen-bond donors (Lipinski definition) is 2. The second kappa shape index (κ2) is 10.7. The van der Waals surface area contributed by atoms with Crippen LogP contribution in [0.1, 0.15) is 28.7 Å². The van der Waals surface area contributed by atoms with Crippen molar-refractivity contribution < 1.29 is 18.3 Å². The molecular formula is C20H22F2N6O2S. The largest absolute Gasteiger partial charge is 0.463 e. The molecule has 1 amide bonds.